The van der Waals surface area contributed by atoms with Gasteiger partial charge >= 0.3 is 0 Å². The maximum Gasteiger partial charge on any atom is 0.0551 e. The first-order valence-corrected chi connectivity index (χ1v) is 7.45. The van der Waals surface area contributed by atoms with Gasteiger partial charge in [0.05, 0.1) is 5.70 Å². The predicted octanol–water partition coefficient (Wildman–Crippen LogP) is 2.58. The fraction of sp³-hybridized carbons (Fsp3) is 0.750. The van der Waals surface area contributed by atoms with Gasteiger partial charge in [-0.15, -0.1) is 0 Å². The molecule has 2 aliphatic carbocycles. The fourth-order valence-corrected chi connectivity index (χ4v) is 4.30. The summed E-state index contributed by atoms with van der Waals surface area (Å²) >= 11 is 2.52. The summed E-state index contributed by atoms with van der Waals surface area (Å²) in [6.07, 6.45) is 4.63. The molecule has 0 radical (unpaired) electrons. The number of nitrogens with zero attached hydrogens (tertiary/aromatic N) is 2. The Morgan fingerprint density at radius 3 is 2.62 bits per heavy atom. The molecule has 0 heterocycles. The zero-order chi connectivity index (χ0) is 11.7. The summed E-state index contributed by atoms with van der Waals surface area (Å²) in [7, 11) is 1.94. The third-order valence-electron chi connectivity index (χ3n) is 4.12. The van der Waals surface area contributed by atoms with Crippen LogP contribution in [0.15, 0.2) is 16.5 Å². The second-order valence-electron chi connectivity index (χ2n) is 4.86. The summed E-state index contributed by atoms with van der Waals surface area (Å²) in [6.45, 7) is 3.57. The Hall–Kier alpha value is -0.260. The van der Waals surface area contributed by atoms with Crippen molar-refractivity contribution in [3.63, 3.8) is 0 Å². The highest BCUT2D eigenvalue weighted by atomic mass is 127. The molecule has 1 fully saturated rings. The lowest BCUT2D eigenvalue weighted by atomic mass is 10.0. The van der Waals surface area contributed by atoms with Crippen molar-refractivity contribution in [2.24, 2.45) is 28.6 Å². The zero-order valence-corrected chi connectivity index (χ0v) is 12.0. The molecule has 16 heavy (non-hydrogen) atoms. The summed E-state index contributed by atoms with van der Waals surface area (Å²) in [5, 5.41) is 5.80. The van der Waals surface area contributed by atoms with E-state index in [1.165, 1.54) is 23.0 Å². The molecule has 3 atom stereocenters. The molecular formula is C12H20IN3. The molecule has 0 spiro atoms. The molecular weight excluding hydrogens is 313 g/mol. The maximum absolute atomic E-state index is 6.14. The van der Waals surface area contributed by atoms with Crippen molar-refractivity contribution in [1.29, 1.82) is 0 Å². The minimum atomic E-state index is 0.943. The Balaban J connectivity index is 2.05. The van der Waals surface area contributed by atoms with Gasteiger partial charge < -0.3 is 5.73 Å². The topological polar surface area (TPSA) is 41.6 Å². The van der Waals surface area contributed by atoms with E-state index in [1.54, 1.807) is 0 Å². The molecule has 0 saturated heterocycles. The van der Waals surface area contributed by atoms with Gasteiger partial charge in [0.2, 0.25) is 0 Å². The number of alkyl halides is 1. The summed E-state index contributed by atoms with van der Waals surface area (Å²) in [6, 6.07) is 0. The van der Waals surface area contributed by atoms with Gasteiger partial charge in [-0.2, -0.15) is 5.10 Å². The van der Waals surface area contributed by atoms with Gasteiger partial charge in [0.1, 0.15) is 0 Å². The lowest BCUT2D eigenvalue weighted by Gasteiger charge is -2.21. The first-order chi connectivity index (χ1) is 7.69. The van der Waals surface area contributed by atoms with Gasteiger partial charge in [0.25, 0.3) is 0 Å². The van der Waals surface area contributed by atoms with E-state index < -0.39 is 0 Å². The molecule has 3 nitrogen and oxygen atoms in total. The predicted molar refractivity (Wildman–Crippen MR) is 76.4 cm³/mol. The van der Waals surface area contributed by atoms with Crippen LogP contribution in [0.2, 0.25) is 0 Å². The van der Waals surface area contributed by atoms with Gasteiger partial charge in [-0.3, -0.25) is 5.01 Å². The number of hydrogen-bond donors (Lipinski definition) is 1. The van der Waals surface area contributed by atoms with E-state index in [4.69, 9.17) is 5.73 Å². The normalized spacial score (nSPS) is 38.2. The van der Waals surface area contributed by atoms with Crippen LogP contribution in [-0.4, -0.2) is 23.2 Å². The van der Waals surface area contributed by atoms with Gasteiger partial charge in [-0.05, 0) is 43.4 Å². The number of hydrogen-bond acceptors (Lipinski definition) is 3. The van der Waals surface area contributed by atoms with Gasteiger partial charge in [0, 0.05) is 23.9 Å². The van der Waals surface area contributed by atoms with Crippen LogP contribution >= 0.6 is 22.6 Å². The minimum Gasteiger partial charge on any atom is -0.401 e. The van der Waals surface area contributed by atoms with Crippen LogP contribution in [0.1, 0.15) is 25.7 Å². The number of halogens is 1. The number of rotatable bonds is 3. The van der Waals surface area contributed by atoms with E-state index in [2.05, 4.69) is 34.4 Å². The largest absolute Gasteiger partial charge is 0.401 e. The summed E-state index contributed by atoms with van der Waals surface area (Å²) in [4.78, 5) is 0. The van der Waals surface area contributed by atoms with Gasteiger partial charge in [-0.1, -0.05) is 22.6 Å². The Morgan fingerprint density at radius 2 is 2.06 bits per heavy atom. The highest BCUT2D eigenvalue weighted by Crippen LogP contribution is 2.54. The van der Waals surface area contributed by atoms with Crippen molar-refractivity contribution in [1.82, 2.24) is 5.01 Å². The first kappa shape index (κ1) is 12.2. The smallest absolute Gasteiger partial charge is 0.0551 e. The number of allylic oxidation sites excluding steroid dienone is 2. The molecule has 0 bridgehead atoms. The summed E-state index contributed by atoms with van der Waals surface area (Å²) < 4.78 is 1.30. The van der Waals surface area contributed by atoms with Crippen LogP contribution in [0, 0.1) is 17.8 Å². The SMILES string of the molecule is C=NN(C)/C1=C(\N)CC[C@H]2C(CC1)[C@H]2CI. The van der Waals surface area contributed by atoms with Crippen molar-refractivity contribution in [2.75, 3.05) is 11.5 Å². The molecule has 2 aliphatic rings. The van der Waals surface area contributed by atoms with Gasteiger partial charge in [0.15, 0.2) is 0 Å². The molecule has 4 heteroatoms. The van der Waals surface area contributed by atoms with E-state index >= 15 is 0 Å². The van der Waals surface area contributed by atoms with Crippen molar-refractivity contribution >= 4 is 29.3 Å². The monoisotopic (exact) mass is 333 g/mol. The lowest BCUT2D eigenvalue weighted by Crippen LogP contribution is -2.18. The van der Waals surface area contributed by atoms with Crippen LogP contribution in [-0.2, 0) is 0 Å². The molecule has 0 aromatic rings. The average molecular weight is 333 g/mol. The second-order valence-corrected chi connectivity index (χ2v) is 5.74. The van der Waals surface area contributed by atoms with Crippen LogP contribution in [0.5, 0.6) is 0 Å². The lowest BCUT2D eigenvalue weighted by molar-refractivity contribution is 0.401. The summed E-state index contributed by atoms with van der Waals surface area (Å²) in [5.41, 5.74) is 8.35. The molecule has 2 rings (SSSR count). The number of fused-ring (bicyclic) bond motifs is 1. The van der Waals surface area contributed by atoms with E-state index in [0.29, 0.717) is 0 Å². The van der Waals surface area contributed by atoms with Gasteiger partial charge in [-0.25, -0.2) is 0 Å². The van der Waals surface area contributed by atoms with E-state index in [0.717, 1.165) is 36.3 Å². The third kappa shape index (κ3) is 2.21. The molecule has 0 aromatic heterocycles. The van der Waals surface area contributed by atoms with E-state index in [-0.39, 0.29) is 0 Å². The van der Waals surface area contributed by atoms with Crippen LogP contribution < -0.4 is 5.73 Å². The average Bonchev–Trinajstić information content (AvgIpc) is 2.95. The fourth-order valence-electron chi connectivity index (χ4n) is 2.99. The first-order valence-electron chi connectivity index (χ1n) is 5.92. The Labute approximate surface area is 111 Å². The second kappa shape index (κ2) is 4.94. The van der Waals surface area contributed by atoms with Crippen molar-refractivity contribution in [3.05, 3.63) is 11.4 Å². The van der Waals surface area contributed by atoms with Crippen LogP contribution in [0.25, 0.3) is 0 Å². The third-order valence-corrected chi connectivity index (χ3v) is 5.14. The molecule has 1 saturated carbocycles. The molecule has 2 N–H and O–H groups in total. The molecule has 90 valence electrons. The van der Waals surface area contributed by atoms with Crippen LogP contribution in [0.3, 0.4) is 0 Å². The highest BCUT2D eigenvalue weighted by Gasteiger charge is 2.48. The molecule has 1 unspecified atom stereocenters. The van der Waals surface area contributed by atoms with Crippen molar-refractivity contribution < 1.29 is 0 Å². The molecule has 0 amide bonds. The highest BCUT2D eigenvalue weighted by molar-refractivity contribution is 14.1. The van der Waals surface area contributed by atoms with E-state index in [1.807, 2.05) is 12.1 Å². The number of hydrazone groups is 1. The molecule has 0 aliphatic heterocycles. The Bertz CT molecular complexity index is 313. The Kier molecular flexibility index (Phi) is 3.77. The van der Waals surface area contributed by atoms with E-state index in [9.17, 15) is 0 Å². The Morgan fingerprint density at radius 1 is 1.44 bits per heavy atom. The molecule has 0 aromatic carbocycles. The van der Waals surface area contributed by atoms with Crippen molar-refractivity contribution in [3.8, 4) is 0 Å². The minimum absolute atomic E-state index is 0.943. The maximum atomic E-state index is 6.14. The number of nitrogens with two attached hydrogens (primary N) is 1. The quantitative estimate of drug-likeness (QED) is 0.373. The van der Waals surface area contributed by atoms with Crippen molar-refractivity contribution in [2.45, 2.75) is 25.7 Å². The standard InChI is InChI=1S/C12H20IN3/c1-15-16(2)12-6-4-9-8(10(9)7-13)3-5-11(12)14/h8-10H,1,3-7,14H2,2H3/b12-11-/t8-,9?,10-/m0/s1. The zero-order valence-electron chi connectivity index (χ0n) is 9.82. The summed E-state index contributed by atoms with van der Waals surface area (Å²) in [5.74, 6) is 2.84. The van der Waals surface area contributed by atoms with Crippen LogP contribution in [0.4, 0.5) is 0 Å².